The lowest BCUT2D eigenvalue weighted by molar-refractivity contribution is -0.121. The van der Waals surface area contributed by atoms with E-state index in [1.807, 2.05) is 10.9 Å². The van der Waals surface area contributed by atoms with Crippen molar-refractivity contribution in [2.75, 3.05) is 18.5 Å². The first-order valence-corrected chi connectivity index (χ1v) is 9.69. The Morgan fingerprint density at radius 1 is 1.25 bits per heavy atom. The Balaban J connectivity index is 1.46. The maximum Gasteiger partial charge on any atom is 0.227 e. The second-order valence-electron chi connectivity index (χ2n) is 7.40. The topological polar surface area (TPSA) is 56.2 Å². The first kappa shape index (κ1) is 17.5. The molecule has 0 atom stereocenters. The molecule has 24 heavy (non-hydrogen) atoms. The van der Waals surface area contributed by atoms with Crippen LogP contribution in [0.4, 0.5) is 5.69 Å². The van der Waals surface area contributed by atoms with E-state index >= 15 is 0 Å². The Morgan fingerprint density at radius 2 is 2.00 bits per heavy atom. The zero-order chi connectivity index (χ0) is 16.8. The van der Waals surface area contributed by atoms with Crippen LogP contribution in [-0.2, 0) is 9.53 Å². The van der Waals surface area contributed by atoms with Gasteiger partial charge in [-0.1, -0.05) is 26.2 Å². The van der Waals surface area contributed by atoms with Crippen molar-refractivity contribution in [1.29, 1.82) is 0 Å². The minimum absolute atomic E-state index is 0.175. The number of hydrogen-bond donors (Lipinski definition) is 1. The molecule has 134 valence electrons. The molecule has 1 amide bonds. The van der Waals surface area contributed by atoms with Crippen LogP contribution < -0.4 is 5.32 Å². The number of carbonyl (C=O) groups excluding carboxylic acids is 1. The molecule has 2 heterocycles. The normalized spacial score (nSPS) is 25.5. The summed E-state index contributed by atoms with van der Waals surface area (Å²) >= 11 is 0. The monoisotopic (exact) mass is 333 g/mol. The van der Waals surface area contributed by atoms with Crippen molar-refractivity contribution in [1.82, 2.24) is 9.78 Å². The number of unbranched alkanes of at least 4 members (excludes halogenated alkanes) is 1. The predicted molar refractivity (Wildman–Crippen MR) is 94.9 cm³/mol. The van der Waals surface area contributed by atoms with Crippen molar-refractivity contribution >= 4 is 11.6 Å². The maximum absolute atomic E-state index is 12.5. The summed E-state index contributed by atoms with van der Waals surface area (Å²) in [4.78, 5) is 12.5. The Kier molecular flexibility index (Phi) is 6.30. The molecule has 2 aliphatic rings. The molecule has 0 radical (unpaired) electrons. The molecule has 0 aromatic carbocycles. The molecular weight excluding hydrogens is 302 g/mol. The summed E-state index contributed by atoms with van der Waals surface area (Å²) in [6.07, 6.45) is 14.2. The molecule has 0 unspecified atom stereocenters. The summed E-state index contributed by atoms with van der Waals surface area (Å²) in [6.45, 7) is 3.85. The molecule has 0 bridgehead atoms. The highest BCUT2D eigenvalue weighted by Gasteiger charge is 2.26. The maximum atomic E-state index is 12.5. The summed E-state index contributed by atoms with van der Waals surface area (Å²) in [5.74, 6) is 1.19. The molecule has 1 saturated carbocycles. The minimum atomic E-state index is 0.175. The summed E-state index contributed by atoms with van der Waals surface area (Å²) in [5.41, 5.74) is 0.833. The third kappa shape index (κ3) is 4.59. The fourth-order valence-electron chi connectivity index (χ4n) is 4.00. The van der Waals surface area contributed by atoms with Crippen molar-refractivity contribution in [3.8, 4) is 0 Å². The molecule has 0 spiro atoms. The van der Waals surface area contributed by atoms with Crippen LogP contribution in [0.5, 0.6) is 0 Å². The van der Waals surface area contributed by atoms with Gasteiger partial charge in [-0.15, -0.1) is 0 Å². The molecule has 1 aliphatic carbocycles. The zero-order valence-electron chi connectivity index (χ0n) is 14.9. The molecule has 2 fully saturated rings. The molecule has 1 aromatic rings. The molecule has 1 aliphatic heterocycles. The first-order chi connectivity index (χ1) is 11.8. The van der Waals surface area contributed by atoms with Gasteiger partial charge < -0.3 is 10.1 Å². The van der Waals surface area contributed by atoms with Crippen molar-refractivity contribution in [2.45, 2.75) is 70.8 Å². The van der Waals surface area contributed by atoms with Crippen LogP contribution in [0, 0.1) is 11.8 Å². The van der Waals surface area contributed by atoms with Crippen LogP contribution in [0.1, 0.15) is 70.8 Å². The van der Waals surface area contributed by atoms with Gasteiger partial charge in [-0.2, -0.15) is 5.10 Å². The molecule has 5 heteroatoms. The van der Waals surface area contributed by atoms with E-state index in [1.54, 1.807) is 6.20 Å². The minimum Gasteiger partial charge on any atom is -0.381 e. The van der Waals surface area contributed by atoms with Crippen LogP contribution in [-0.4, -0.2) is 28.9 Å². The lowest BCUT2D eigenvalue weighted by Gasteiger charge is -2.27. The zero-order valence-corrected chi connectivity index (χ0v) is 14.9. The van der Waals surface area contributed by atoms with Crippen LogP contribution in [0.2, 0.25) is 0 Å². The molecule has 1 saturated heterocycles. The van der Waals surface area contributed by atoms with Crippen LogP contribution in [0.3, 0.4) is 0 Å². The number of ether oxygens (including phenoxy) is 1. The van der Waals surface area contributed by atoms with Gasteiger partial charge in [0.05, 0.1) is 17.9 Å². The second-order valence-corrected chi connectivity index (χ2v) is 7.40. The van der Waals surface area contributed by atoms with Gasteiger partial charge in [0, 0.05) is 25.3 Å². The van der Waals surface area contributed by atoms with E-state index in [0.717, 1.165) is 50.5 Å². The number of hydrogen-bond acceptors (Lipinski definition) is 3. The highest BCUT2D eigenvalue weighted by atomic mass is 16.5. The van der Waals surface area contributed by atoms with Gasteiger partial charge in [0.15, 0.2) is 0 Å². The fourth-order valence-corrected chi connectivity index (χ4v) is 4.00. The van der Waals surface area contributed by atoms with Crippen LogP contribution in [0.25, 0.3) is 0 Å². The van der Waals surface area contributed by atoms with Gasteiger partial charge in [0.2, 0.25) is 5.91 Å². The predicted octanol–water partition coefficient (Wildman–Crippen LogP) is 4.17. The molecule has 5 nitrogen and oxygen atoms in total. The SMILES string of the molecule is CCCCC1CCC(C(=O)Nc2cnn(C3CCOCC3)c2)CC1. The first-order valence-electron chi connectivity index (χ1n) is 9.69. The van der Waals surface area contributed by atoms with Gasteiger partial charge in [-0.25, -0.2) is 0 Å². The van der Waals surface area contributed by atoms with Gasteiger partial charge >= 0.3 is 0 Å². The third-order valence-electron chi connectivity index (χ3n) is 5.62. The highest BCUT2D eigenvalue weighted by Crippen LogP contribution is 2.32. The van der Waals surface area contributed by atoms with E-state index in [4.69, 9.17) is 4.74 Å². The smallest absolute Gasteiger partial charge is 0.227 e. The van der Waals surface area contributed by atoms with E-state index in [-0.39, 0.29) is 11.8 Å². The summed E-state index contributed by atoms with van der Waals surface area (Å²) < 4.78 is 7.38. The Labute approximate surface area is 145 Å². The Morgan fingerprint density at radius 3 is 2.71 bits per heavy atom. The van der Waals surface area contributed by atoms with Crippen LogP contribution >= 0.6 is 0 Å². The van der Waals surface area contributed by atoms with Gasteiger partial charge in [-0.05, 0) is 44.4 Å². The number of amides is 1. The molecular formula is C19H31N3O2. The lowest BCUT2D eigenvalue weighted by Crippen LogP contribution is -2.27. The van der Waals surface area contributed by atoms with E-state index < -0.39 is 0 Å². The van der Waals surface area contributed by atoms with E-state index in [9.17, 15) is 4.79 Å². The number of anilines is 1. The standard InChI is InChI=1S/C19H31N3O2/c1-2-3-4-15-5-7-16(8-6-15)19(23)21-17-13-20-22(14-17)18-9-11-24-12-10-18/h13-16,18H,2-12H2,1H3,(H,21,23). The average Bonchev–Trinajstić information content (AvgIpc) is 3.09. The quantitative estimate of drug-likeness (QED) is 0.850. The van der Waals surface area contributed by atoms with Crippen molar-refractivity contribution in [3.63, 3.8) is 0 Å². The lowest BCUT2D eigenvalue weighted by atomic mass is 9.79. The number of nitrogens with zero attached hydrogens (tertiary/aromatic N) is 2. The van der Waals surface area contributed by atoms with Crippen molar-refractivity contribution < 1.29 is 9.53 Å². The number of aromatic nitrogens is 2. The van der Waals surface area contributed by atoms with Gasteiger partial charge in [-0.3, -0.25) is 9.48 Å². The summed E-state index contributed by atoms with van der Waals surface area (Å²) in [5, 5.41) is 7.51. The summed E-state index contributed by atoms with van der Waals surface area (Å²) in [6, 6.07) is 0.401. The summed E-state index contributed by atoms with van der Waals surface area (Å²) in [7, 11) is 0. The fraction of sp³-hybridized carbons (Fsp3) is 0.789. The molecule has 1 N–H and O–H groups in total. The van der Waals surface area contributed by atoms with Gasteiger partial charge in [0.1, 0.15) is 0 Å². The van der Waals surface area contributed by atoms with E-state index in [0.29, 0.717) is 6.04 Å². The second kappa shape index (κ2) is 8.65. The van der Waals surface area contributed by atoms with E-state index in [2.05, 4.69) is 17.3 Å². The van der Waals surface area contributed by atoms with Crippen molar-refractivity contribution in [3.05, 3.63) is 12.4 Å². The number of rotatable bonds is 6. The van der Waals surface area contributed by atoms with E-state index in [1.165, 1.54) is 32.1 Å². The highest BCUT2D eigenvalue weighted by molar-refractivity contribution is 5.92. The number of carbonyl (C=O) groups is 1. The Bertz CT molecular complexity index is 514. The number of nitrogens with one attached hydrogen (secondary N) is 1. The Hall–Kier alpha value is -1.36. The third-order valence-corrected chi connectivity index (χ3v) is 5.62. The van der Waals surface area contributed by atoms with Crippen molar-refractivity contribution in [2.24, 2.45) is 11.8 Å². The average molecular weight is 333 g/mol. The largest absolute Gasteiger partial charge is 0.381 e. The van der Waals surface area contributed by atoms with Crippen LogP contribution in [0.15, 0.2) is 12.4 Å². The molecule has 1 aromatic heterocycles. The van der Waals surface area contributed by atoms with Gasteiger partial charge in [0.25, 0.3) is 0 Å². The molecule has 3 rings (SSSR count).